The molecule has 3 atom stereocenters. The Morgan fingerprint density at radius 2 is 1.04 bits per heavy atom. The SMILES string of the molecule is [C-]#[N+]/C(c1nc2cc(OC)c(CO)cc2s1)=c1\c2c(-c3cccc(OCCC(C)CCCC(C)C)c3)n(B(c3ccccc3)c3ccccc3)/c(=C(/C#N)C3Nc4cc(CO)c(OC)cc4S3)c2c(-c2cccc(OCCC(C)CCCC(C)C)c2)n1B(c1ccccc1)c1ccccc1. The summed E-state index contributed by atoms with van der Waals surface area (Å²) in [5, 5.41) is 40.6. The van der Waals surface area contributed by atoms with Crippen LogP contribution in [0.2, 0.25) is 0 Å². The van der Waals surface area contributed by atoms with Crippen molar-refractivity contribution in [3.8, 4) is 51.6 Å². The van der Waals surface area contributed by atoms with Crippen molar-refractivity contribution in [1.82, 2.24) is 13.9 Å². The number of benzene rings is 8. The van der Waals surface area contributed by atoms with E-state index in [0.29, 0.717) is 103 Å². The lowest BCUT2D eigenvalue weighted by Gasteiger charge is -2.25. The summed E-state index contributed by atoms with van der Waals surface area (Å²) in [6, 6.07) is 69.2. The number of ether oxygens (including phenoxy) is 4. The molecule has 12 nitrogen and oxygen atoms in total. The average molecular weight is 1360 g/mol. The van der Waals surface area contributed by atoms with E-state index in [4.69, 9.17) is 28.8 Å². The number of aliphatic hydroxyl groups excluding tert-OH is 2. The van der Waals surface area contributed by atoms with E-state index in [2.05, 4.69) is 195 Å². The highest BCUT2D eigenvalue weighted by molar-refractivity contribution is 8.01. The van der Waals surface area contributed by atoms with Crippen LogP contribution >= 0.6 is 23.1 Å². The van der Waals surface area contributed by atoms with E-state index in [1.165, 1.54) is 48.8 Å². The van der Waals surface area contributed by atoms with Gasteiger partial charge in [0.05, 0.1) is 74.4 Å². The first-order valence-electron chi connectivity index (χ1n) is 35.2. The van der Waals surface area contributed by atoms with Crippen molar-refractivity contribution in [2.75, 3.05) is 32.8 Å². The predicted molar refractivity (Wildman–Crippen MR) is 415 cm³/mol. The molecule has 0 saturated heterocycles. The smallest absolute Gasteiger partial charge is 0.328 e. The normalized spacial score (nSPS) is 13.9. The lowest BCUT2D eigenvalue weighted by atomic mass is 9.50. The van der Waals surface area contributed by atoms with Gasteiger partial charge in [0.2, 0.25) is 5.70 Å². The number of methoxy groups -OCH3 is 2. The van der Waals surface area contributed by atoms with Gasteiger partial charge >= 0.3 is 13.7 Å². The van der Waals surface area contributed by atoms with Gasteiger partial charge in [-0.25, -0.2) is 9.83 Å². The Morgan fingerprint density at radius 1 is 0.580 bits per heavy atom. The van der Waals surface area contributed by atoms with E-state index in [0.717, 1.165) is 90.7 Å². The molecule has 100 heavy (non-hydrogen) atoms. The number of nitrogens with zero attached hydrogens (tertiary/aromatic N) is 5. The summed E-state index contributed by atoms with van der Waals surface area (Å²) < 4.78 is 31.2. The zero-order valence-corrected chi connectivity index (χ0v) is 60.2. The summed E-state index contributed by atoms with van der Waals surface area (Å²) in [4.78, 5) is 11.1. The second kappa shape index (κ2) is 32.7. The maximum Gasteiger partial charge on any atom is 0.328 e. The predicted octanol–water partition coefficient (Wildman–Crippen LogP) is 15.5. The molecule has 3 N–H and O–H groups in total. The summed E-state index contributed by atoms with van der Waals surface area (Å²) in [6.07, 6.45) is 8.72. The summed E-state index contributed by atoms with van der Waals surface area (Å²) in [6.45, 7) is 23.0. The number of aromatic nitrogens is 3. The molecular weight excluding hydrogens is 1270 g/mol. The summed E-state index contributed by atoms with van der Waals surface area (Å²) in [7, 11) is 3.19. The molecule has 1 aliphatic rings. The quantitative estimate of drug-likeness (QED) is 0.0294. The molecule has 16 heteroatoms. The van der Waals surface area contributed by atoms with Gasteiger partial charge in [-0.2, -0.15) is 5.26 Å². The fourth-order valence-electron chi connectivity index (χ4n) is 14.2. The fourth-order valence-corrected chi connectivity index (χ4v) is 16.3. The average Bonchev–Trinajstić information content (AvgIpc) is 1.52. The van der Waals surface area contributed by atoms with Crippen LogP contribution in [-0.4, -0.2) is 70.7 Å². The minimum absolute atomic E-state index is 0.251. The van der Waals surface area contributed by atoms with Crippen molar-refractivity contribution in [2.24, 2.45) is 23.7 Å². The van der Waals surface area contributed by atoms with Gasteiger partial charge in [0.25, 0.3) is 0 Å². The molecule has 8 aromatic carbocycles. The molecule has 0 fully saturated rings. The van der Waals surface area contributed by atoms with Gasteiger partial charge in [0.15, 0.2) is 0 Å². The largest absolute Gasteiger partial charge is 0.496 e. The molecule has 11 aromatic rings. The molecule has 0 spiro atoms. The second-order valence-electron chi connectivity index (χ2n) is 27.3. The van der Waals surface area contributed by atoms with E-state index < -0.39 is 19.1 Å². The molecule has 0 amide bonds. The van der Waals surface area contributed by atoms with Crippen molar-refractivity contribution < 1.29 is 29.2 Å². The van der Waals surface area contributed by atoms with Gasteiger partial charge in [-0.15, -0.1) is 11.3 Å². The van der Waals surface area contributed by atoms with Crippen molar-refractivity contribution in [1.29, 1.82) is 5.26 Å². The monoisotopic (exact) mass is 1360 g/mol. The van der Waals surface area contributed by atoms with E-state index >= 15 is 0 Å². The first-order chi connectivity index (χ1) is 48.8. The van der Waals surface area contributed by atoms with E-state index in [-0.39, 0.29) is 18.9 Å². The maximum absolute atomic E-state index is 12.8. The van der Waals surface area contributed by atoms with Crippen molar-refractivity contribution in [3.63, 3.8) is 0 Å². The molecule has 4 heterocycles. The second-order valence-corrected chi connectivity index (χ2v) is 29.5. The van der Waals surface area contributed by atoms with E-state index in [1.54, 1.807) is 14.2 Å². The Balaban J connectivity index is 1.30. The fraction of sp³-hybridized carbons (Fsp3) is 0.298. The Bertz CT molecular complexity index is 4630. The molecule has 0 aliphatic carbocycles. The maximum atomic E-state index is 12.8. The number of thiazole rings is 1. The first kappa shape index (κ1) is 70.5. The minimum atomic E-state index is -0.701. The highest BCUT2D eigenvalue weighted by Crippen LogP contribution is 2.46. The number of anilines is 1. The van der Waals surface area contributed by atoms with Gasteiger partial charge < -0.3 is 43.4 Å². The summed E-state index contributed by atoms with van der Waals surface area (Å²) >= 11 is 2.92. The molecular formula is C84H88B2N6O6S2. The van der Waals surface area contributed by atoms with Gasteiger partial charge in [-0.3, -0.25) is 0 Å². The van der Waals surface area contributed by atoms with Gasteiger partial charge in [0, 0.05) is 66.4 Å². The van der Waals surface area contributed by atoms with Crippen LogP contribution < -0.4 is 56.8 Å². The molecule has 508 valence electrons. The number of aliphatic hydroxyl groups is 2. The summed E-state index contributed by atoms with van der Waals surface area (Å²) in [5.74, 6) is 4.62. The van der Waals surface area contributed by atoms with Crippen LogP contribution in [0.3, 0.4) is 0 Å². The highest BCUT2D eigenvalue weighted by atomic mass is 32.2. The highest BCUT2D eigenvalue weighted by Gasteiger charge is 2.39. The van der Waals surface area contributed by atoms with Crippen LogP contribution in [0.4, 0.5) is 5.69 Å². The van der Waals surface area contributed by atoms with E-state index in [1.807, 2.05) is 60.7 Å². The zero-order valence-electron chi connectivity index (χ0n) is 58.6. The molecule has 3 aromatic heterocycles. The third kappa shape index (κ3) is 15.3. The Labute approximate surface area is 598 Å². The summed E-state index contributed by atoms with van der Waals surface area (Å²) in [5.41, 5.74) is 10.2. The minimum Gasteiger partial charge on any atom is -0.496 e. The van der Waals surface area contributed by atoms with Gasteiger partial charge in [0.1, 0.15) is 33.4 Å². The molecule has 0 radical (unpaired) electrons. The number of hydrogen-bond acceptors (Lipinski definition) is 11. The first-order valence-corrected chi connectivity index (χ1v) is 36.9. The standard InChI is InChI=1S/C84H88B2N6O6S2/c1-55(2)26-22-28-57(5)42-44-97-67-40-24-30-59(46-67)79-76-77(82(92(79)86(65-36-18-12-19-37-65)66-38-20-13-21-39-66)78(88-7)84-90-71-50-72(95-8)62(54-94)49-74(71)100-84)80(60-31-25-41-68(47-60)98-45-43-58(6)29-23-27-56(3)4)91(85(63-32-14-10-15-33-63)64-34-16-11-17-35-64)81(76)69(52-87)83-89-70-48-61(53-93)73(96-9)51-75(70)99-83/h10-21,24-25,30-41,46-51,55-58,83,89,93-94H,22-23,26-29,42-45,53-54H2,1-6,8-9H3/b81-69-,82-78+. The molecule has 3 unspecified atom stereocenters. The van der Waals surface area contributed by atoms with E-state index in [9.17, 15) is 22.0 Å². The number of hydrogen-bond donors (Lipinski definition) is 3. The van der Waals surface area contributed by atoms with Crippen LogP contribution in [0.25, 0.3) is 59.6 Å². The number of fused-ring (bicyclic) bond motifs is 3. The number of nitriles is 1. The molecule has 1 aliphatic heterocycles. The van der Waals surface area contributed by atoms with Crippen LogP contribution in [0, 0.1) is 41.6 Å². The molecule has 0 saturated carbocycles. The van der Waals surface area contributed by atoms with Gasteiger partial charge in [-0.05, 0) is 79.0 Å². The van der Waals surface area contributed by atoms with Crippen molar-refractivity contribution in [2.45, 2.75) is 116 Å². The van der Waals surface area contributed by atoms with Crippen molar-refractivity contribution in [3.05, 3.63) is 232 Å². The lowest BCUT2D eigenvalue weighted by molar-refractivity contribution is 0.273. The van der Waals surface area contributed by atoms with Gasteiger partial charge in [-0.1, -0.05) is 259 Å². The van der Waals surface area contributed by atoms with Crippen molar-refractivity contribution >= 4 is 96.6 Å². The van der Waals surface area contributed by atoms with Crippen LogP contribution in [-0.2, 0) is 13.2 Å². The van der Waals surface area contributed by atoms with Crippen LogP contribution in [0.1, 0.15) is 109 Å². The number of nitrogens with one attached hydrogen (secondary N) is 1. The zero-order chi connectivity index (χ0) is 69.8. The Hall–Kier alpha value is -9.41. The third-order valence-corrected chi connectivity index (χ3v) is 21.5. The lowest BCUT2D eigenvalue weighted by Crippen LogP contribution is -2.54. The number of rotatable bonds is 30. The van der Waals surface area contributed by atoms with Crippen LogP contribution in [0.15, 0.2) is 199 Å². The number of thioether (sulfide) groups is 1. The van der Waals surface area contributed by atoms with Crippen LogP contribution in [0.5, 0.6) is 23.0 Å². The Kier molecular flexibility index (Phi) is 23.1. The topological polar surface area (TPSA) is 140 Å². The third-order valence-electron chi connectivity index (χ3n) is 19.3. The Morgan fingerprint density at radius 3 is 1.49 bits per heavy atom. The molecule has 0 bridgehead atoms. The molecule has 12 rings (SSSR count).